The summed E-state index contributed by atoms with van der Waals surface area (Å²) in [6.45, 7) is 2.13. The SMILES string of the molecule is Clc1cc(I)cc(NC2CCCNC2)n1. The second-order valence-electron chi connectivity index (χ2n) is 3.68. The van der Waals surface area contributed by atoms with Gasteiger partial charge in [0.15, 0.2) is 0 Å². The Labute approximate surface area is 108 Å². The molecule has 82 valence electrons. The monoisotopic (exact) mass is 337 g/mol. The highest BCUT2D eigenvalue weighted by Gasteiger charge is 2.13. The highest BCUT2D eigenvalue weighted by atomic mass is 127. The van der Waals surface area contributed by atoms with E-state index in [1.165, 1.54) is 12.8 Å². The van der Waals surface area contributed by atoms with Gasteiger partial charge in [0, 0.05) is 16.2 Å². The largest absolute Gasteiger partial charge is 0.366 e. The van der Waals surface area contributed by atoms with Crippen molar-refractivity contribution in [2.24, 2.45) is 0 Å². The average molecular weight is 338 g/mol. The van der Waals surface area contributed by atoms with E-state index in [0.717, 1.165) is 22.5 Å². The van der Waals surface area contributed by atoms with Crippen molar-refractivity contribution in [1.82, 2.24) is 10.3 Å². The van der Waals surface area contributed by atoms with Crippen LogP contribution < -0.4 is 10.6 Å². The van der Waals surface area contributed by atoms with Crippen LogP contribution in [0, 0.1) is 3.57 Å². The van der Waals surface area contributed by atoms with Gasteiger partial charge in [-0.1, -0.05) is 11.6 Å². The van der Waals surface area contributed by atoms with Crippen LogP contribution in [0.5, 0.6) is 0 Å². The first kappa shape index (κ1) is 11.4. The smallest absolute Gasteiger partial charge is 0.132 e. The molecule has 0 bridgehead atoms. The maximum Gasteiger partial charge on any atom is 0.132 e. The van der Waals surface area contributed by atoms with E-state index in [1.54, 1.807) is 0 Å². The van der Waals surface area contributed by atoms with Crippen LogP contribution >= 0.6 is 34.2 Å². The molecular weight excluding hydrogens is 324 g/mol. The Bertz CT molecular complexity index is 319. The van der Waals surface area contributed by atoms with Crippen LogP contribution in [0.4, 0.5) is 5.82 Å². The zero-order valence-corrected chi connectivity index (χ0v) is 11.2. The Morgan fingerprint density at radius 3 is 3.07 bits per heavy atom. The molecule has 1 aliphatic heterocycles. The summed E-state index contributed by atoms with van der Waals surface area (Å²) in [6, 6.07) is 4.34. The molecule has 0 aromatic carbocycles. The molecule has 0 aliphatic carbocycles. The van der Waals surface area contributed by atoms with Gasteiger partial charge in [-0.25, -0.2) is 4.98 Å². The molecule has 0 amide bonds. The van der Waals surface area contributed by atoms with E-state index in [1.807, 2.05) is 12.1 Å². The average Bonchev–Trinajstić information content (AvgIpc) is 2.17. The first-order chi connectivity index (χ1) is 7.24. The molecule has 1 aromatic heterocycles. The topological polar surface area (TPSA) is 37.0 Å². The zero-order valence-electron chi connectivity index (χ0n) is 8.26. The van der Waals surface area contributed by atoms with Gasteiger partial charge in [-0.15, -0.1) is 0 Å². The first-order valence-corrected chi connectivity index (χ1v) is 6.50. The lowest BCUT2D eigenvalue weighted by Crippen LogP contribution is -2.38. The van der Waals surface area contributed by atoms with Crippen molar-refractivity contribution in [2.75, 3.05) is 18.4 Å². The molecule has 15 heavy (non-hydrogen) atoms. The standard InChI is InChI=1S/C10H13ClIN3/c11-9-4-7(12)5-10(15-9)14-8-2-1-3-13-6-8/h4-5,8,13H,1-3,6H2,(H,14,15). The molecule has 3 nitrogen and oxygen atoms in total. The number of anilines is 1. The van der Waals surface area contributed by atoms with Gasteiger partial charge in [0.05, 0.1) is 0 Å². The molecule has 1 saturated heterocycles. The van der Waals surface area contributed by atoms with Crippen LogP contribution in [0.3, 0.4) is 0 Å². The number of hydrogen-bond donors (Lipinski definition) is 2. The van der Waals surface area contributed by atoms with E-state index in [2.05, 4.69) is 38.2 Å². The van der Waals surface area contributed by atoms with E-state index in [-0.39, 0.29) is 0 Å². The molecule has 0 spiro atoms. The fourth-order valence-electron chi connectivity index (χ4n) is 1.72. The van der Waals surface area contributed by atoms with E-state index in [4.69, 9.17) is 11.6 Å². The summed E-state index contributed by atoms with van der Waals surface area (Å²) >= 11 is 8.14. The minimum absolute atomic E-state index is 0.473. The van der Waals surface area contributed by atoms with Gasteiger partial charge in [0.2, 0.25) is 0 Å². The van der Waals surface area contributed by atoms with Crippen molar-refractivity contribution in [3.05, 3.63) is 20.9 Å². The highest BCUT2D eigenvalue weighted by molar-refractivity contribution is 14.1. The molecule has 1 aromatic rings. The number of nitrogens with zero attached hydrogens (tertiary/aromatic N) is 1. The minimum atomic E-state index is 0.473. The van der Waals surface area contributed by atoms with E-state index in [9.17, 15) is 0 Å². The summed E-state index contributed by atoms with van der Waals surface area (Å²) in [5.74, 6) is 0.876. The van der Waals surface area contributed by atoms with Crippen molar-refractivity contribution < 1.29 is 0 Å². The second kappa shape index (κ2) is 5.32. The summed E-state index contributed by atoms with van der Waals surface area (Å²) < 4.78 is 1.11. The molecule has 2 N–H and O–H groups in total. The predicted molar refractivity (Wildman–Crippen MR) is 71.5 cm³/mol. The number of aromatic nitrogens is 1. The maximum atomic E-state index is 5.90. The normalized spacial score (nSPS) is 21.3. The third-order valence-electron chi connectivity index (χ3n) is 2.41. The second-order valence-corrected chi connectivity index (χ2v) is 5.31. The fraction of sp³-hybridized carbons (Fsp3) is 0.500. The van der Waals surface area contributed by atoms with Gasteiger partial charge >= 0.3 is 0 Å². The number of piperidine rings is 1. The van der Waals surface area contributed by atoms with Crippen LogP contribution in [0.1, 0.15) is 12.8 Å². The molecule has 0 saturated carbocycles. The summed E-state index contributed by atoms with van der Waals surface area (Å²) in [5.41, 5.74) is 0. The van der Waals surface area contributed by atoms with E-state index >= 15 is 0 Å². The number of nitrogens with one attached hydrogen (secondary N) is 2. The Morgan fingerprint density at radius 1 is 1.53 bits per heavy atom. The summed E-state index contributed by atoms with van der Waals surface area (Å²) in [4.78, 5) is 4.25. The van der Waals surface area contributed by atoms with Crippen LogP contribution in [0.15, 0.2) is 12.1 Å². The van der Waals surface area contributed by atoms with Gasteiger partial charge in [-0.2, -0.15) is 0 Å². The number of halogens is 2. The minimum Gasteiger partial charge on any atom is -0.366 e. The van der Waals surface area contributed by atoms with Crippen molar-refractivity contribution in [3.63, 3.8) is 0 Å². The molecule has 0 radical (unpaired) electrons. The molecule has 5 heteroatoms. The molecule has 2 heterocycles. The first-order valence-electron chi connectivity index (χ1n) is 5.04. The van der Waals surface area contributed by atoms with Crippen molar-refractivity contribution >= 4 is 40.0 Å². The van der Waals surface area contributed by atoms with Gasteiger partial charge < -0.3 is 10.6 Å². The van der Waals surface area contributed by atoms with Crippen molar-refractivity contribution in [1.29, 1.82) is 0 Å². The van der Waals surface area contributed by atoms with Gasteiger partial charge in [-0.3, -0.25) is 0 Å². The van der Waals surface area contributed by atoms with Crippen molar-refractivity contribution in [2.45, 2.75) is 18.9 Å². The molecular formula is C10H13ClIN3. The predicted octanol–water partition coefficient (Wildman–Crippen LogP) is 2.50. The fourth-order valence-corrected chi connectivity index (χ4v) is 2.71. The van der Waals surface area contributed by atoms with Crippen LogP contribution in [0.25, 0.3) is 0 Å². The van der Waals surface area contributed by atoms with E-state index in [0.29, 0.717) is 11.2 Å². The third kappa shape index (κ3) is 3.46. The Kier molecular flexibility index (Phi) is 4.05. The lowest BCUT2D eigenvalue weighted by atomic mass is 10.1. The van der Waals surface area contributed by atoms with Crippen molar-refractivity contribution in [3.8, 4) is 0 Å². The Balaban J connectivity index is 2.02. The van der Waals surface area contributed by atoms with Gasteiger partial charge in [0.25, 0.3) is 0 Å². The summed E-state index contributed by atoms with van der Waals surface area (Å²) in [7, 11) is 0. The Morgan fingerprint density at radius 2 is 2.40 bits per heavy atom. The lowest BCUT2D eigenvalue weighted by Gasteiger charge is -2.24. The molecule has 1 atom stereocenters. The summed E-state index contributed by atoms with van der Waals surface area (Å²) in [6.07, 6.45) is 2.41. The van der Waals surface area contributed by atoms with Gasteiger partial charge in [0.1, 0.15) is 11.0 Å². The van der Waals surface area contributed by atoms with Crippen LogP contribution in [0.2, 0.25) is 5.15 Å². The lowest BCUT2D eigenvalue weighted by molar-refractivity contribution is 0.479. The third-order valence-corrected chi connectivity index (χ3v) is 3.22. The maximum absolute atomic E-state index is 5.90. The molecule has 1 unspecified atom stereocenters. The highest BCUT2D eigenvalue weighted by Crippen LogP contribution is 2.17. The zero-order chi connectivity index (χ0) is 10.7. The number of rotatable bonds is 2. The number of pyridine rings is 1. The summed E-state index contributed by atoms with van der Waals surface area (Å²) in [5, 5.41) is 7.31. The Hall–Kier alpha value is -0.0700. The molecule has 1 fully saturated rings. The quantitative estimate of drug-likeness (QED) is 0.643. The van der Waals surface area contributed by atoms with Crippen LogP contribution in [-0.2, 0) is 0 Å². The van der Waals surface area contributed by atoms with Crippen LogP contribution in [-0.4, -0.2) is 24.1 Å². The number of hydrogen-bond acceptors (Lipinski definition) is 3. The van der Waals surface area contributed by atoms with Gasteiger partial charge in [-0.05, 0) is 54.1 Å². The molecule has 2 rings (SSSR count). The molecule has 1 aliphatic rings. The van der Waals surface area contributed by atoms with E-state index < -0.39 is 0 Å².